The predicted octanol–water partition coefficient (Wildman–Crippen LogP) is 1.37. The molecule has 2 aromatic rings. The molecular weight excluding hydrogens is 292 g/mol. The van der Waals surface area contributed by atoms with E-state index >= 15 is 0 Å². The van der Waals surface area contributed by atoms with Gasteiger partial charge in [0, 0.05) is 44.3 Å². The number of piperidine rings is 1. The second-order valence-electron chi connectivity index (χ2n) is 6.05. The molecule has 0 saturated carbocycles. The lowest BCUT2D eigenvalue weighted by atomic mass is 9.93. The van der Waals surface area contributed by atoms with E-state index in [-0.39, 0.29) is 18.0 Å². The molecule has 1 saturated heterocycles. The van der Waals surface area contributed by atoms with E-state index in [1.165, 1.54) is 10.6 Å². The van der Waals surface area contributed by atoms with Crippen LogP contribution in [0.4, 0.5) is 0 Å². The van der Waals surface area contributed by atoms with Gasteiger partial charge in [-0.1, -0.05) is 6.07 Å². The molecular formula is C17H22N4O2. The first-order chi connectivity index (χ1) is 11.2. The van der Waals surface area contributed by atoms with Gasteiger partial charge in [-0.2, -0.15) is 5.10 Å². The Bertz CT molecular complexity index is 685. The highest BCUT2D eigenvalue weighted by molar-refractivity contribution is 5.76. The third-order valence-corrected chi connectivity index (χ3v) is 4.50. The molecule has 0 unspecified atom stereocenters. The van der Waals surface area contributed by atoms with Gasteiger partial charge in [-0.3, -0.25) is 14.3 Å². The largest absolute Gasteiger partial charge is 0.341 e. The Morgan fingerprint density at radius 3 is 2.70 bits per heavy atom. The maximum Gasteiger partial charge on any atom is 0.250 e. The topological polar surface area (TPSA) is 60.1 Å². The SMILES string of the molecule is O=C(Cn1ccccc1=O)N1CCC(CCn2cccn2)CC1. The molecule has 0 aromatic carbocycles. The molecule has 1 fully saturated rings. The van der Waals surface area contributed by atoms with Crippen LogP contribution in [0.3, 0.4) is 0 Å². The van der Waals surface area contributed by atoms with E-state index < -0.39 is 0 Å². The molecule has 0 spiro atoms. The summed E-state index contributed by atoms with van der Waals surface area (Å²) in [5.41, 5.74) is -0.130. The molecule has 0 aliphatic carbocycles. The maximum absolute atomic E-state index is 12.3. The number of hydrogen-bond acceptors (Lipinski definition) is 3. The number of aryl methyl sites for hydroxylation is 1. The Hall–Kier alpha value is -2.37. The lowest BCUT2D eigenvalue weighted by molar-refractivity contribution is -0.133. The average Bonchev–Trinajstić information content (AvgIpc) is 3.09. The summed E-state index contributed by atoms with van der Waals surface area (Å²) >= 11 is 0. The zero-order valence-electron chi connectivity index (χ0n) is 13.2. The van der Waals surface area contributed by atoms with Gasteiger partial charge in [-0.15, -0.1) is 0 Å². The molecule has 122 valence electrons. The molecule has 1 aliphatic rings. The molecule has 3 rings (SSSR count). The Morgan fingerprint density at radius 1 is 1.17 bits per heavy atom. The van der Waals surface area contributed by atoms with E-state index in [0.29, 0.717) is 5.92 Å². The minimum Gasteiger partial charge on any atom is -0.341 e. The number of pyridine rings is 1. The molecule has 0 radical (unpaired) electrons. The fraction of sp³-hybridized carbons (Fsp3) is 0.471. The Labute approximate surface area is 135 Å². The van der Waals surface area contributed by atoms with E-state index in [0.717, 1.165) is 38.9 Å². The molecule has 2 aromatic heterocycles. The molecule has 0 N–H and O–H groups in total. The van der Waals surface area contributed by atoms with E-state index in [1.54, 1.807) is 24.5 Å². The minimum atomic E-state index is -0.130. The molecule has 23 heavy (non-hydrogen) atoms. The summed E-state index contributed by atoms with van der Waals surface area (Å²) in [5, 5.41) is 4.22. The standard InChI is InChI=1S/C17H22N4O2/c22-16-4-1-2-9-20(16)14-17(23)19-11-5-15(6-12-19)7-13-21-10-3-8-18-21/h1-4,8-10,15H,5-7,11-14H2. The van der Waals surface area contributed by atoms with Gasteiger partial charge in [0.15, 0.2) is 0 Å². The van der Waals surface area contributed by atoms with Crippen LogP contribution in [0.5, 0.6) is 0 Å². The first-order valence-electron chi connectivity index (χ1n) is 8.13. The van der Waals surface area contributed by atoms with Crippen molar-refractivity contribution in [2.24, 2.45) is 5.92 Å². The van der Waals surface area contributed by atoms with Crippen LogP contribution in [-0.2, 0) is 17.9 Å². The predicted molar refractivity (Wildman–Crippen MR) is 86.9 cm³/mol. The zero-order chi connectivity index (χ0) is 16.1. The van der Waals surface area contributed by atoms with Crippen molar-refractivity contribution in [2.45, 2.75) is 32.4 Å². The van der Waals surface area contributed by atoms with Crippen molar-refractivity contribution in [1.82, 2.24) is 19.2 Å². The van der Waals surface area contributed by atoms with Crippen LogP contribution in [0.15, 0.2) is 47.7 Å². The van der Waals surface area contributed by atoms with Gasteiger partial charge in [-0.05, 0) is 37.3 Å². The second kappa shape index (κ2) is 7.26. The smallest absolute Gasteiger partial charge is 0.250 e. The third kappa shape index (κ3) is 4.09. The van der Waals surface area contributed by atoms with Crippen molar-refractivity contribution in [3.63, 3.8) is 0 Å². The van der Waals surface area contributed by atoms with E-state index in [1.807, 2.05) is 21.8 Å². The highest BCUT2D eigenvalue weighted by atomic mass is 16.2. The van der Waals surface area contributed by atoms with Crippen LogP contribution >= 0.6 is 0 Å². The van der Waals surface area contributed by atoms with Gasteiger partial charge in [0.25, 0.3) is 5.56 Å². The number of aromatic nitrogens is 3. The summed E-state index contributed by atoms with van der Waals surface area (Å²) in [4.78, 5) is 25.9. The number of amides is 1. The molecule has 6 nitrogen and oxygen atoms in total. The van der Waals surface area contributed by atoms with E-state index in [9.17, 15) is 9.59 Å². The fourth-order valence-electron chi connectivity index (χ4n) is 3.06. The third-order valence-electron chi connectivity index (χ3n) is 4.50. The number of hydrogen-bond donors (Lipinski definition) is 0. The quantitative estimate of drug-likeness (QED) is 0.837. The highest BCUT2D eigenvalue weighted by Gasteiger charge is 2.22. The van der Waals surface area contributed by atoms with E-state index in [4.69, 9.17) is 0 Å². The fourth-order valence-corrected chi connectivity index (χ4v) is 3.06. The summed E-state index contributed by atoms with van der Waals surface area (Å²) in [5.74, 6) is 0.673. The van der Waals surface area contributed by atoms with Crippen molar-refractivity contribution in [3.05, 3.63) is 53.2 Å². The molecule has 0 atom stereocenters. The average molecular weight is 314 g/mol. The van der Waals surface area contributed by atoms with Crippen molar-refractivity contribution in [3.8, 4) is 0 Å². The van der Waals surface area contributed by atoms with E-state index in [2.05, 4.69) is 5.10 Å². The Balaban J connectivity index is 1.46. The van der Waals surface area contributed by atoms with Crippen molar-refractivity contribution >= 4 is 5.91 Å². The molecule has 3 heterocycles. The number of nitrogens with zero attached hydrogens (tertiary/aromatic N) is 4. The maximum atomic E-state index is 12.3. The minimum absolute atomic E-state index is 0.0313. The van der Waals surface area contributed by atoms with Gasteiger partial charge in [0.05, 0.1) is 0 Å². The first kappa shape index (κ1) is 15.5. The Kier molecular flexibility index (Phi) is 4.90. The summed E-state index contributed by atoms with van der Waals surface area (Å²) < 4.78 is 3.42. The molecule has 0 bridgehead atoms. The van der Waals surface area contributed by atoms with Crippen LogP contribution in [0.25, 0.3) is 0 Å². The van der Waals surface area contributed by atoms with Gasteiger partial charge >= 0.3 is 0 Å². The van der Waals surface area contributed by atoms with Gasteiger partial charge in [0.2, 0.25) is 5.91 Å². The van der Waals surface area contributed by atoms with Crippen molar-refractivity contribution < 1.29 is 4.79 Å². The van der Waals surface area contributed by atoms with Gasteiger partial charge < -0.3 is 9.47 Å². The highest BCUT2D eigenvalue weighted by Crippen LogP contribution is 2.21. The van der Waals surface area contributed by atoms with Crippen LogP contribution in [-0.4, -0.2) is 38.2 Å². The second-order valence-corrected chi connectivity index (χ2v) is 6.05. The summed E-state index contributed by atoms with van der Waals surface area (Å²) in [6.07, 6.45) is 8.59. The number of rotatable bonds is 5. The molecule has 1 amide bonds. The lowest BCUT2D eigenvalue weighted by Crippen LogP contribution is -2.41. The van der Waals surface area contributed by atoms with Gasteiger partial charge in [-0.25, -0.2) is 0 Å². The van der Waals surface area contributed by atoms with Crippen LogP contribution < -0.4 is 5.56 Å². The molecule has 1 aliphatic heterocycles. The monoisotopic (exact) mass is 314 g/mol. The van der Waals surface area contributed by atoms with Crippen molar-refractivity contribution in [2.75, 3.05) is 13.1 Å². The lowest BCUT2D eigenvalue weighted by Gasteiger charge is -2.32. The zero-order valence-corrected chi connectivity index (χ0v) is 13.2. The Morgan fingerprint density at radius 2 is 2.00 bits per heavy atom. The van der Waals surface area contributed by atoms with Gasteiger partial charge in [0.1, 0.15) is 6.54 Å². The number of carbonyl (C=O) groups is 1. The number of carbonyl (C=O) groups excluding carboxylic acids is 1. The van der Waals surface area contributed by atoms with Crippen LogP contribution in [0.2, 0.25) is 0 Å². The summed E-state index contributed by atoms with van der Waals surface area (Å²) in [6.45, 7) is 2.64. The van der Waals surface area contributed by atoms with Crippen LogP contribution in [0.1, 0.15) is 19.3 Å². The number of likely N-dealkylation sites (tertiary alicyclic amines) is 1. The summed E-state index contributed by atoms with van der Waals surface area (Å²) in [7, 11) is 0. The van der Waals surface area contributed by atoms with Crippen molar-refractivity contribution in [1.29, 1.82) is 0 Å². The van der Waals surface area contributed by atoms with Crippen LogP contribution in [0, 0.1) is 5.92 Å². The normalized spacial score (nSPS) is 15.7. The summed E-state index contributed by atoms with van der Waals surface area (Å²) in [6, 6.07) is 6.88. The molecule has 6 heteroatoms. The first-order valence-corrected chi connectivity index (χ1v) is 8.13.